The van der Waals surface area contributed by atoms with Gasteiger partial charge >= 0.3 is 0 Å². The lowest BCUT2D eigenvalue weighted by Crippen LogP contribution is -1.93. The van der Waals surface area contributed by atoms with E-state index in [4.69, 9.17) is 5.73 Å². The Morgan fingerprint density at radius 3 is 2.40 bits per heavy atom. The van der Waals surface area contributed by atoms with E-state index in [1.54, 1.807) is 12.1 Å². The van der Waals surface area contributed by atoms with Crippen molar-refractivity contribution in [2.24, 2.45) is 5.73 Å². The van der Waals surface area contributed by atoms with Crippen molar-refractivity contribution in [3.8, 4) is 0 Å². The molecule has 1 aromatic rings. The third-order valence-electron chi connectivity index (χ3n) is 1.22. The molecule has 0 aliphatic rings. The van der Waals surface area contributed by atoms with Crippen molar-refractivity contribution in [1.29, 1.82) is 0 Å². The van der Waals surface area contributed by atoms with Gasteiger partial charge in [0.25, 0.3) is 0 Å². The minimum Gasteiger partial charge on any atom is -0.396 e. The van der Waals surface area contributed by atoms with Crippen LogP contribution >= 0.6 is 0 Å². The molecule has 0 atom stereocenters. The largest absolute Gasteiger partial charge is 0.396 e. The average Bonchev–Trinajstić information content (AvgIpc) is 2.05. The molecule has 1 rings (SSSR count). The lowest BCUT2D eigenvalue weighted by molar-refractivity contribution is 0.722. The Labute approximate surface area is 59.0 Å². The normalized spacial score (nSPS) is 11.5. The minimum atomic E-state index is 0.167. The van der Waals surface area contributed by atoms with Crippen LogP contribution in [0.4, 0.5) is 4.39 Å². The maximum absolute atomic E-state index is 11.8. The first-order chi connectivity index (χ1) is 4.84. The molecule has 10 heavy (non-hydrogen) atoms. The molecule has 0 saturated heterocycles. The van der Waals surface area contributed by atoms with Gasteiger partial charge in [0, 0.05) is 0 Å². The van der Waals surface area contributed by atoms with Crippen molar-refractivity contribution in [2.75, 3.05) is 0 Å². The van der Waals surface area contributed by atoms with Crippen LogP contribution in [0.2, 0.25) is 0 Å². The van der Waals surface area contributed by atoms with Gasteiger partial charge in [-0.2, -0.15) is 0 Å². The van der Waals surface area contributed by atoms with E-state index < -0.39 is 0 Å². The fourth-order valence-corrected chi connectivity index (χ4v) is 0.694. The van der Waals surface area contributed by atoms with Crippen LogP contribution in [0.5, 0.6) is 0 Å². The molecule has 0 heterocycles. The highest BCUT2D eigenvalue weighted by Crippen LogP contribution is 2.06. The monoisotopic (exact) mass is 137 g/mol. The van der Waals surface area contributed by atoms with Gasteiger partial charge in [-0.3, -0.25) is 0 Å². The number of benzene rings is 1. The van der Waals surface area contributed by atoms with Crippen LogP contribution < -0.4 is 5.73 Å². The highest BCUT2D eigenvalue weighted by molar-refractivity contribution is 5.60. The fraction of sp³-hybridized carbons (Fsp3) is 0. The number of halogens is 1. The highest BCUT2D eigenvalue weighted by atomic mass is 19.1. The second kappa shape index (κ2) is 3.01. The van der Waals surface area contributed by atoms with E-state index in [-0.39, 0.29) is 5.70 Å². The molecule has 2 heteroatoms. The van der Waals surface area contributed by atoms with Gasteiger partial charge in [-0.15, -0.1) is 0 Å². The quantitative estimate of drug-likeness (QED) is 0.628. The summed E-state index contributed by atoms with van der Waals surface area (Å²) in [7, 11) is 0. The van der Waals surface area contributed by atoms with Crippen molar-refractivity contribution in [3.05, 3.63) is 42.2 Å². The topological polar surface area (TPSA) is 26.0 Å². The summed E-state index contributed by atoms with van der Waals surface area (Å²) in [6.07, 6.45) is 0.398. The molecule has 1 nitrogen and oxygen atoms in total. The predicted octanol–water partition coefficient (Wildman–Crippen LogP) is 1.91. The van der Waals surface area contributed by atoms with E-state index in [9.17, 15) is 4.39 Å². The SMILES string of the molecule is N/C(=C\F)c1ccccc1. The number of rotatable bonds is 1. The van der Waals surface area contributed by atoms with E-state index in [0.29, 0.717) is 11.9 Å². The van der Waals surface area contributed by atoms with Gasteiger partial charge in [-0.05, 0) is 5.56 Å². The number of hydrogen-bond acceptors (Lipinski definition) is 1. The van der Waals surface area contributed by atoms with Gasteiger partial charge in [0.15, 0.2) is 0 Å². The minimum absolute atomic E-state index is 0.167. The summed E-state index contributed by atoms with van der Waals surface area (Å²) in [5.41, 5.74) is 6.16. The van der Waals surface area contributed by atoms with Gasteiger partial charge in [-0.1, -0.05) is 30.3 Å². The molecule has 0 amide bonds. The molecule has 0 unspecified atom stereocenters. The van der Waals surface area contributed by atoms with Gasteiger partial charge in [0.2, 0.25) is 0 Å². The maximum atomic E-state index is 11.8. The van der Waals surface area contributed by atoms with Gasteiger partial charge in [0.05, 0.1) is 5.70 Å². The third kappa shape index (κ3) is 1.35. The summed E-state index contributed by atoms with van der Waals surface area (Å²) in [5, 5.41) is 0. The first-order valence-electron chi connectivity index (χ1n) is 2.96. The van der Waals surface area contributed by atoms with E-state index in [1.165, 1.54) is 0 Å². The van der Waals surface area contributed by atoms with Crippen molar-refractivity contribution < 1.29 is 4.39 Å². The standard InChI is InChI=1S/C8H8FN/c9-6-8(10)7-4-2-1-3-5-7/h1-6H,10H2/b8-6-. The van der Waals surface area contributed by atoms with Crippen LogP contribution in [0.15, 0.2) is 36.7 Å². The van der Waals surface area contributed by atoms with Crippen LogP contribution in [-0.2, 0) is 0 Å². The zero-order chi connectivity index (χ0) is 7.40. The van der Waals surface area contributed by atoms with Gasteiger partial charge in [0.1, 0.15) is 6.33 Å². The molecule has 0 fully saturated rings. The van der Waals surface area contributed by atoms with Crippen molar-refractivity contribution in [1.82, 2.24) is 0 Å². The summed E-state index contributed by atoms with van der Waals surface area (Å²) in [5.74, 6) is 0. The molecule has 0 aliphatic heterocycles. The molecular weight excluding hydrogens is 129 g/mol. The first kappa shape index (κ1) is 6.81. The van der Waals surface area contributed by atoms with E-state index >= 15 is 0 Å². The Balaban J connectivity index is 2.96. The molecule has 0 aliphatic carbocycles. The molecule has 0 spiro atoms. The maximum Gasteiger partial charge on any atom is 0.110 e. The predicted molar refractivity (Wildman–Crippen MR) is 39.7 cm³/mol. The molecular formula is C8H8FN. The highest BCUT2D eigenvalue weighted by Gasteiger charge is 1.91. The summed E-state index contributed by atoms with van der Waals surface area (Å²) in [4.78, 5) is 0. The lowest BCUT2D eigenvalue weighted by Gasteiger charge is -1.95. The Morgan fingerprint density at radius 1 is 1.30 bits per heavy atom. The second-order valence-corrected chi connectivity index (χ2v) is 1.93. The Hall–Kier alpha value is -1.31. The molecule has 52 valence electrons. The Bertz CT molecular complexity index is 228. The van der Waals surface area contributed by atoms with Crippen LogP contribution in [-0.4, -0.2) is 0 Å². The van der Waals surface area contributed by atoms with Crippen LogP contribution in [0.25, 0.3) is 5.70 Å². The number of hydrogen-bond donors (Lipinski definition) is 1. The van der Waals surface area contributed by atoms with E-state index in [1.807, 2.05) is 18.2 Å². The van der Waals surface area contributed by atoms with Crippen LogP contribution in [0.3, 0.4) is 0 Å². The summed E-state index contributed by atoms with van der Waals surface area (Å²) in [6.45, 7) is 0. The molecule has 0 aromatic heterocycles. The number of nitrogens with two attached hydrogens (primary N) is 1. The molecule has 0 bridgehead atoms. The van der Waals surface area contributed by atoms with Crippen molar-refractivity contribution >= 4 is 5.70 Å². The summed E-state index contributed by atoms with van der Waals surface area (Å²) < 4.78 is 11.8. The lowest BCUT2D eigenvalue weighted by atomic mass is 10.2. The third-order valence-corrected chi connectivity index (χ3v) is 1.22. The Morgan fingerprint density at radius 2 is 1.90 bits per heavy atom. The zero-order valence-corrected chi connectivity index (χ0v) is 5.42. The summed E-state index contributed by atoms with van der Waals surface area (Å²) >= 11 is 0. The Kier molecular flexibility index (Phi) is 2.05. The van der Waals surface area contributed by atoms with E-state index in [0.717, 1.165) is 0 Å². The van der Waals surface area contributed by atoms with Crippen molar-refractivity contribution in [3.63, 3.8) is 0 Å². The molecule has 0 radical (unpaired) electrons. The first-order valence-corrected chi connectivity index (χ1v) is 2.96. The smallest absolute Gasteiger partial charge is 0.110 e. The fourth-order valence-electron chi connectivity index (χ4n) is 0.694. The van der Waals surface area contributed by atoms with Crippen LogP contribution in [0.1, 0.15) is 5.56 Å². The molecule has 1 aromatic carbocycles. The van der Waals surface area contributed by atoms with Crippen LogP contribution in [0, 0.1) is 0 Å². The zero-order valence-electron chi connectivity index (χ0n) is 5.42. The van der Waals surface area contributed by atoms with Crippen molar-refractivity contribution in [2.45, 2.75) is 0 Å². The van der Waals surface area contributed by atoms with E-state index in [2.05, 4.69) is 0 Å². The average molecular weight is 137 g/mol. The van der Waals surface area contributed by atoms with Gasteiger partial charge in [-0.25, -0.2) is 4.39 Å². The molecule has 0 saturated carbocycles. The van der Waals surface area contributed by atoms with Gasteiger partial charge < -0.3 is 5.73 Å². The second-order valence-electron chi connectivity index (χ2n) is 1.93. The summed E-state index contributed by atoms with van der Waals surface area (Å²) in [6, 6.07) is 8.99. The molecule has 2 N–H and O–H groups in total.